The van der Waals surface area contributed by atoms with E-state index in [0.29, 0.717) is 11.3 Å². The summed E-state index contributed by atoms with van der Waals surface area (Å²) in [7, 11) is 0. The first-order valence-electron chi connectivity index (χ1n) is 6.95. The number of fused-ring (bicyclic) bond motifs is 1. The largest absolute Gasteiger partial charge is 0.348 e. The molecule has 1 saturated carbocycles. The quantitative estimate of drug-likeness (QED) is 0.943. The Morgan fingerprint density at radius 3 is 2.67 bits per heavy atom. The molecule has 0 spiro atoms. The third-order valence-corrected chi connectivity index (χ3v) is 3.35. The first kappa shape index (κ1) is 13.9. The van der Waals surface area contributed by atoms with Crippen LogP contribution in [0, 0.1) is 0 Å². The van der Waals surface area contributed by atoms with E-state index in [-0.39, 0.29) is 29.3 Å². The van der Waals surface area contributed by atoms with Gasteiger partial charge in [0.05, 0.1) is 0 Å². The highest BCUT2D eigenvalue weighted by molar-refractivity contribution is 5.93. The molecule has 0 aliphatic heterocycles. The van der Waals surface area contributed by atoms with Crippen molar-refractivity contribution >= 4 is 11.6 Å². The molecule has 1 fully saturated rings. The van der Waals surface area contributed by atoms with Crippen molar-refractivity contribution in [2.45, 2.75) is 45.1 Å². The first-order valence-corrected chi connectivity index (χ1v) is 6.95. The monoisotopic (exact) mass is 294 g/mol. The van der Waals surface area contributed by atoms with Crippen molar-refractivity contribution in [2.75, 3.05) is 0 Å². The molecule has 2 heterocycles. The van der Waals surface area contributed by atoms with Crippen molar-refractivity contribution in [3.05, 3.63) is 29.2 Å². The summed E-state index contributed by atoms with van der Waals surface area (Å²) in [6.45, 7) is 3.64. The Morgan fingerprint density at radius 2 is 2.10 bits per heavy atom. The average Bonchev–Trinajstić information content (AvgIpc) is 3.15. The number of nitrogens with one attached hydrogen (secondary N) is 1. The minimum absolute atomic E-state index is 0.0492. The van der Waals surface area contributed by atoms with Crippen LogP contribution in [0.25, 0.3) is 5.65 Å². The summed E-state index contributed by atoms with van der Waals surface area (Å²) in [6, 6.07) is 2.80. The maximum absolute atomic E-state index is 13.2. The maximum Gasteiger partial charge on any atom is 0.280 e. The van der Waals surface area contributed by atoms with Gasteiger partial charge in [0.1, 0.15) is 5.69 Å². The molecule has 0 saturated heterocycles. The van der Waals surface area contributed by atoms with Crippen molar-refractivity contribution in [2.24, 2.45) is 0 Å². The van der Waals surface area contributed by atoms with Crippen LogP contribution in [0.2, 0.25) is 0 Å². The second kappa shape index (κ2) is 5.05. The molecule has 1 aliphatic carbocycles. The van der Waals surface area contributed by atoms with Crippen molar-refractivity contribution in [3.63, 3.8) is 0 Å². The number of hydrogen-bond donors (Lipinski definition) is 1. The van der Waals surface area contributed by atoms with E-state index >= 15 is 0 Å². The van der Waals surface area contributed by atoms with Crippen molar-refractivity contribution < 1.29 is 13.6 Å². The summed E-state index contributed by atoms with van der Waals surface area (Å²) in [4.78, 5) is 16.3. The fourth-order valence-corrected chi connectivity index (χ4v) is 2.21. The van der Waals surface area contributed by atoms with Crippen molar-refractivity contribution in [3.8, 4) is 0 Å². The lowest BCUT2D eigenvalue weighted by Gasteiger charge is -2.06. The molecule has 0 unspecified atom stereocenters. The first-order chi connectivity index (χ1) is 9.95. The van der Waals surface area contributed by atoms with Gasteiger partial charge in [-0.2, -0.15) is 5.10 Å². The molecule has 0 bridgehead atoms. The van der Waals surface area contributed by atoms with E-state index in [4.69, 9.17) is 0 Å². The Labute approximate surface area is 120 Å². The molecule has 2 aromatic heterocycles. The molecule has 1 aliphatic rings. The van der Waals surface area contributed by atoms with Gasteiger partial charge in [0.15, 0.2) is 11.3 Å². The van der Waals surface area contributed by atoms with Crippen LogP contribution in [0.15, 0.2) is 12.1 Å². The molecular formula is C14H16F2N4O. The highest BCUT2D eigenvalue weighted by atomic mass is 19.3. The average molecular weight is 294 g/mol. The molecule has 1 amide bonds. The number of hydrogen-bond acceptors (Lipinski definition) is 3. The molecular weight excluding hydrogens is 278 g/mol. The summed E-state index contributed by atoms with van der Waals surface area (Å²) in [5.41, 5.74) is 0.841. The molecule has 0 aromatic carbocycles. The van der Waals surface area contributed by atoms with E-state index in [0.717, 1.165) is 17.4 Å². The number of amides is 1. The van der Waals surface area contributed by atoms with E-state index in [1.165, 1.54) is 12.1 Å². The molecule has 5 nitrogen and oxygen atoms in total. The molecule has 7 heteroatoms. The third kappa shape index (κ3) is 2.72. The van der Waals surface area contributed by atoms with Crippen LogP contribution in [-0.2, 0) is 0 Å². The molecule has 0 atom stereocenters. The van der Waals surface area contributed by atoms with Crippen LogP contribution in [0.5, 0.6) is 0 Å². The summed E-state index contributed by atoms with van der Waals surface area (Å²) in [6.07, 6.45) is -0.713. The minimum Gasteiger partial charge on any atom is -0.348 e. The SMILES string of the molecule is CC(C)NC(=O)c1cc2nc(C3CC3)cc(C(F)F)n2n1. The summed E-state index contributed by atoms with van der Waals surface area (Å²) < 4.78 is 27.4. The summed E-state index contributed by atoms with van der Waals surface area (Å²) in [5.74, 6) is -0.126. The Hall–Kier alpha value is -2.05. The van der Waals surface area contributed by atoms with Crippen LogP contribution in [-0.4, -0.2) is 26.5 Å². The number of aromatic nitrogens is 3. The van der Waals surface area contributed by atoms with Gasteiger partial charge in [-0.05, 0) is 32.8 Å². The normalized spacial score (nSPS) is 15.1. The highest BCUT2D eigenvalue weighted by Crippen LogP contribution is 2.40. The van der Waals surface area contributed by atoms with Gasteiger partial charge in [-0.3, -0.25) is 4.79 Å². The van der Waals surface area contributed by atoms with Crippen molar-refractivity contribution in [1.82, 2.24) is 19.9 Å². The van der Waals surface area contributed by atoms with Gasteiger partial charge >= 0.3 is 0 Å². The van der Waals surface area contributed by atoms with Gasteiger partial charge in [0.2, 0.25) is 0 Å². The van der Waals surface area contributed by atoms with E-state index < -0.39 is 6.43 Å². The van der Waals surface area contributed by atoms with Gasteiger partial charge in [0.25, 0.3) is 12.3 Å². The van der Waals surface area contributed by atoms with Crippen LogP contribution >= 0.6 is 0 Å². The van der Waals surface area contributed by atoms with Gasteiger partial charge in [0, 0.05) is 23.7 Å². The smallest absolute Gasteiger partial charge is 0.280 e. The van der Waals surface area contributed by atoms with E-state index in [9.17, 15) is 13.6 Å². The van der Waals surface area contributed by atoms with E-state index in [1.54, 1.807) is 0 Å². The summed E-state index contributed by atoms with van der Waals surface area (Å²) in [5, 5.41) is 6.66. The Kier molecular flexibility index (Phi) is 3.35. The summed E-state index contributed by atoms with van der Waals surface area (Å²) >= 11 is 0. The molecule has 0 radical (unpaired) electrons. The van der Waals surface area contributed by atoms with Crippen LogP contribution in [0.3, 0.4) is 0 Å². The molecule has 1 N–H and O–H groups in total. The zero-order valence-electron chi connectivity index (χ0n) is 11.8. The minimum atomic E-state index is -2.66. The van der Waals surface area contributed by atoms with Crippen LogP contribution < -0.4 is 5.32 Å². The molecule has 112 valence electrons. The maximum atomic E-state index is 13.2. The molecule has 3 rings (SSSR count). The number of carbonyl (C=O) groups is 1. The van der Waals surface area contributed by atoms with Gasteiger partial charge < -0.3 is 5.32 Å². The fraction of sp³-hybridized carbons (Fsp3) is 0.500. The topological polar surface area (TPSA) is 59.3 Å². The number of nitrogens with zero attached hydrogens (tertiary/aromatic N) is 3. The Balaban J connectivity index is 2.06. The zero-order valence-corrected chi connectivity index (χ0v) is 11.8. The van der Waals surface area contributed by atoms with E-state index in [1.807, 2.05) is 13.8 Å². The second-order valence-corrected chi connectivity index (χ2v) is 5.61. The number of halogens is 2. The number of rotatable bonds is 4. The van der Waals surface area contributed by atoms with Crippen LogP contribution in [0.4, 0.5) is 8.78 Å². The Bertz CT molecular complexity index is 692. The molecule has 2 aromatic rings. The predicted octanol–water partition coefficient (Wildman–Crippen LogP) is 2.68. The van der Waals surface area contributed by atoms with Gasteiger partial charge in [-0.25, -0.2) is 18.3 Å². The van der Waals surface area contributed by atoms with Gasteiger partial charge in [-0.15, -0.1) is 0 Å². The zero-order chi connectivity index (χ0) is 15.1. The Morgan fingerprint density at radius 1 is 1.38 bits per heavy atom. The molecule has 21 heavy (non-hydrogen) atoms. The predicted molar refractivity (Wildman–Crippen MR) is 72.5 cm³/mol. The lowest BCUT2D eigenvalue weighted by Crippen LogP contribution is -2.30. The lowest BCUT2D eigenvalue weighted by atomic mass is 10.2. The standard InChI is InChI=1S/C14H16F2N4O/c1-7(2)17-14(21)10-6-12-18-9(8-3-4-8)5-11(13(15)16)20(12)19-10/h5-8,13H,3-4H2,1-2H3,(H,17,21). The third-order valence-electron chi connectivity index (χ3n) is 3.35. The van der Waals surface area contributed by atoms with Crippen LogP contribution in [0.1, 0.15) is 60.9 Å². The fourth-order valence-electron chi connectivity index (χ4n) is 2.21. The second-order valence-electron chi connectivity index (χ2n) is 5.61. The highest BCUT2D eigenvalue weighted by Gasteiger charge is 2.28. The van der Waals surface area contributed by atoms with Crippen molar-refractivity contribution in [1.29, 1.82) is 0 Å². The number of alkyl halides is 2. The lowest BCUT2D eigenvalue weighted by molar-refractivity contribution is 0.0936. The van der Waals surface area contributed by atoms with E-state index in [2.05, 4.69) is 15.4 Å². The van der Waals surface area contributed by atoms with Gasteiger partial charge in [-0.1, -0.05) is 0 Å². The number of carbonyl (C=O) groups excluding carboxylic acids is 1.